The summed E-state index contributed by atoms with van der Waals surface area (Å²) in [6.45, 7) is 8.11. The largest absolute Gasteiger partial charge is 0.478 e. The lowest BCUT2D eigenvalue weighted by atomic mass is 9.99. The van der Waals surface area contributed by atoms with Crippen molar-refractivity contribution in [1.29, 1.82) is 5.26 Å². The molecule has 0 atom stereocenters. The van der Waals surface area contributed by atoms with Gasteiger partial charge in [0.1, 0.15) is 6.07 Å². The van der Waals surface area contributed by atoms with Crippen LogP contribution in [0.3, 0.4) is 0 Å². The van der Waals surface area contributed by atoms with Crippen molar-refractivity contribution in [3.8, 4) is 6.07 Å². The highest BCUT2D eigenvalue weighted by Gasteiger charge is 2.20. The molecule has 1 fully saturated rings. The summed E-state index contributed by atoms with van der Waals surface area (Å²) in [6.07, 6.45) is 0. The van der Waals surface area contributed by atoms with Crippen LogP contribution in [0.4, 0.5) is 5.69 Å². The number of hydrogen-bond donors (Lipinski definition) is 1. The van der Waals surface area contributed by atoms with Crippen molar-refractivity contribution in [2.75, 3.05) is 31.1 Å². The first-order valence-corrected chi connectivity index (χ1v) is 8.79. The van der Waals surface area contributed by atoms with Crippen LogP contribution in [0, 0.1) is 25.2 Å². The Morgan fingerprint density at radius 3 is 2.41 bits per heavy atom. The van der Waals surface area contributed by atoms with Gasteiger partial charge in [-0.05, 0) is 48.7 Å². The number of para-hydroxylation sites is 1. The zero-order valence-corrected chi connectivity index (χ0v) is 16.4. The van der Waals surface area contributed by atoms with Crippen LogP contribution < -0.4 is 4.90 Å². The average Bonchev–Trinajstić information content (AvgIpc) is 2.64. The molecule has 0 unspecified atom stereocenters. The first kappa shape index (κ1) is 20.8. The van der Waals surface area contributed by atoms with E-state index in [9.17, 15) is 15.2 Å². The number of carboxylic acid groups (broad SMARTS) is 1. The molecule has 3 rings (SSSR count). The molecule has 0 aliphatic carbocycles. The number of rotatable bonds is 4. The highest BCUT2D eigenvalue weighted by Crippen LogP contribution is 2.23. The molecule has 0 amide bonds. The number of nitrogens with zero attached hydrogens (tertiary/aromatic N) is 3. The van der Waals surface area contributed by atoms with Crippen LogP contribution in [0.15, 0.2) is 36.4 Å². The van der Waals surface area contributed by atoms with E-state index < -0.39 is 5.97 Å². The highest BCUT2D eigenvalue weighted by atomic mass is 35.5. The second kappa shape index (κ2) is 8.90. The average molecular weight is 386 g/mol. The summed E-state index contributed by atoms with van der Waals surface area (Å²) in [5.41, 5.74) is 5.09. The van der Waals surface area contributed by atoms with Crippen molar-refractivity contribution in [2.45, 2.75) is 20.4 Å². The minimum atomic E-state index is -0.873. The number of piperazine rings is 1. The molecule has 1 heterocycles. The van der Waals surface area contributed by atoms with Crippen molar-refractivity contribution >= 4 is 24.1 Å². The van der Waals surface area contributed by atoms with E-state index in [1.807, 2.05) is 50.2 Å². The fourth-order valence-corrected chi connectivity index (χ4v) is 3.53. The Morgan fingerprint density at radius 2 is 1.78 bits per heavy atom. The van der Waals surface area contributed by atoms with Crippen LogP contribution in [-0.2, 0) is 6.54 Å². The molecular weight excluding hydrogens is 362 g/mol. The maximum atomic E-state index is 11.4. The van der Waals surface area contributed by atoms with Gasteiger partial charge in [-0.2, -0.15) is 5.26 Å². The number of benzene rings is 2. The van der Waals surface area contributed by atoms with E-state index in [4.69, 9.17) is 0 Å². The van der Waals surface area contributed by atoms with Gasteiger partial charge in [-0.15, -0.1) is 12.4 Å². The number of halogens is 1. The van der Waals surface area contributed by atoms with Gasteiger partial charge < -0.3 is 10.0 Å². The Balaban J connectivity index is 0.00000261. The van der Waals surface area contributed by atoms with E-state index in [1.54, 1.807) is 0 Å². The number of carboxylic acids is 1. The summed E-state index contributed by atoms with van der Waals surface area (Å²) >= 11 is 0. The Hall–Kier alpha value is -2.55. The monoisotopic (exact) mass is 385 g/mol. The van der Waals surface area contributed by atoms with Crippen molar-refractivity contribution in [1.82, 2.24) is 4.90 Å². The fraction of sp³-hybridized carbons (Fsp3) is 0.333. The molecule has 6 heteroatoms. The molecule has 142 valence electrons. The van der Waals surface area contributed by atoms with Crippen LogP contribution in [-0.4, -0.2) is 42.2 Å². The first-order valence-electron chi connectivity index (χ1n) is 8.79. The maximum absolute atomic E-state index is 11.4. The molecule has 0 aromatic heterocycles. The summed E-state index contributed by atoms with van der Waals surface area (Å²) < 4.78 is 0. The van der Waals surface area contributed by atoms with Gasteiger partial charge in [0.15, 0.2) is 0 Å². The number of carbonyl (C=O) groups is 1. The minimum Gasteiger partial charge on any atom is -0.478 e. The van der Waals surface area contributed by atoms with E-state index in [1.165, 1.54) is 0 Å². The van der Waals surface area contributed by atoms with Crippen molar-refractivity contribution in [2.24, 2.45) is 0 Å². The Labute approximate surface area is 166 Å². The topological polar surface area (TPSA) is 67.6 Å². The first-order chi connectivity index (χ1) is 12.5. The van der Waals surface area contributed by atoms with Crippen LogP contribution in [0.25, 0.3) is 0 Å². The molecule has 5 nitrogen and oxygen atoms in total. The van der Waals surface area contributed by atoms with Gasteiger partial charge in [-0.1, -0.05) is 18.2 Å². The molecule has 0 spiro atoms. The summed E-state index contributed by atoms with van der Waals surface area (Å²) in [6, 6.07) is 13.7. The molecule has 1 saturated heterocycles. The molecule has 2 aromatic rings. The lowest BCUT2D eigenvalue weighted by Gasteiger charge is -2.36. The predicted molar refractivity (Wildman–Crippen MR) is 109 cm³/mol. The van der Waals surface area contributed by atoms with Crippen LogP contribution >= 0.6 is 12.4 Å². The van der Waals surface area contributed by atoms with Crippen molar-refractivity contribution in [3.63, 3.8) is 0 Å². The lowest BCUT2D eigenvalue weighted by Crippen LogP contribution is -2.46. The van der Waals surface area contributed by atoms with Crippen LogP contribution in [0.2, 0.25) is 0 Å². The number of nitriles is 1. The van der Waals surface area contributed by atoms with E-state index >= 15 is 0 Å². The Morgan fingerprint density at radius 1 is 1.11 bits per heavy atom. The second-order valence-electron chi connectivity index (χ2n) is 6.79. The molecule has 27 heavy (non-hydrogen) atoms. The summed E-state index contributed by atoms with van der Waals surface area (Å²) in [5, 5.41) is 18.6. The summed E-state index contributed by atoms with van der Waals surface area (Å²) in [5.74, 6) is -0.873. The number of aryl methyl sites for hydroxylation is 2. The SMILES string of the molecule is Cc1cc(C)c(C(=O)O)cc1CN1CCN(c2ccccc2C#N)CC1.Cl. The standard InChI is InChI=1S/C21H23N3O2.ClH/c1-15-11-16(2)19(21(25)26)12-18(15)14-23-7-9-24(10-8-23)20-6-4-3-5-17(20)13-22;/h3-6,11-12H,7-10,14H2,1-2H3,(H,25,26);1H. The van der Waals surface area contributed by atoms with Gasteiger partial charge >= 0.3 is 5.97 Å². The van der Waals surface area contributed by atoms with Crippen molar-refractivity contribution in [3.05, 3.63) is 64.2 Å². The predicted octanol–water partition coefficient (Wildman–Crippen LogP) is 3.62. The van der Waals surface area contributed by atoms with Gasteiger partial charge in [-0.25, -0.2) is 4.79 Å². The normalized spacial score (nSPS) is 14.3. The summed E-state index contributed by atoms with van der Waals surface area (Å²) in [7, 11) is 0. The van der Waals surface area contributed by atoms with Gasteiger partial charge in [0.05, 0.1) is 16.8 Å². The van der Waals surface area contributed by atoms with E-state index in [0.29, 0.717) is 11.1 Å². The smallest absolute Gasteiger partial charge is 0.335 e. The zero-order valence-electron chi connectivity index (χ0n) is 15.6. The Kier molecular flexibility index (Phi) is 6.84. The number of aromatic carboxylic acids is 1. The van der Waals surface area contributed by atoms with Gasteiger partial charge in [0.2, 0.25) is 0 Å². The molecule has 2 aromatic carbocycles. The molecule has 0 saturated carbocycles. The van der Waals surface area contributed by atoms with E-state index in [-0.39, 0.29) is 12.4 Å². The number of anilines is 1. The molecule has 1 N–H and O–H groups in total. The zero-order chi connectivity index (χ0) is 18.7. The third kappa shape index (κ3) is 4.60. The summed E-state index contributed by atoms with van der Waals surface area (Å²) in [4.78, 5) is 16.0. The molecule has 0 radical (unpaired) electrons. The lowest BCUT2D eigenvalue weighted by molar-refractivity contribution is 0.0696. The molecular formula is C21H24ClN3O2. The number of hydrogen-bond acceptors (Lipinski definition) is 4. The highest BCUT2D eigenvalue weighted by molar-refractivity contribution is 5.89. The van der Waals surface area contributed by atoms with Gasteiger partial charge in [-0.3, -0.25) is 4.90 Å². The van der Waals surface area contributed by atoms with Crippen LogP contribution in [0.5, 0.6) is 0 Å². The second-order valence-corrected chi connectivity index (χ2v) is 6.79. The fourth-order valence-electron chi connectivity index (χ4n) is 3.53. The van der Waals surface area contributed by atoms with Gasteiger partial charge in [0, 0.05) is 32.7 Å². The van der Waals surface area contributed by atoms with E-state index in [0.717, 1.165) is 55.1 Å². The molecule has 1 aliphatic rings. The molecule has 1 aliphatic heterocycles. The quantitative estimate of drug-likeness (QED) is 0.870. The minimum absolute atomic E-state index is 0. The van der Waals surface area contributed by atoms with Crippen LogP contribution in [0.1, 0.15) is 32.6 Å². The third-order valence-corrected chi connectivity index (χ3v) is 5.04. The van der Waals surface area contributed by atoms with Crippen molar-refractivity contribution < 1.29 is 9.90 Å². The Bertz CT molecular complexity index is 868. The van der Waals surface area contributed by atoms with Gasteiger partial charge in [0.25, 0.3) is 0 Å². The molecule has 0 bridgehead atoms. The third-order valence-electron chi connectivity index (χ3n) is 5.04. The maximum Gasteiger partial charge on any atom is 0.335 e. The van der Waals surface area contributed by atoms with E-state index in [2.05, 4.69) is 15.9 Å².